The van der Waals surface area contributed by atoms with Crippen molar-refractivity contribution >= 4 is 20.9 Å². The van der Waals surface area contributed by atoms with Crippen LogP contribution < -0.4 is 0 Å². The first-order chi connectivity index (χ1) is 12.7. The summed E-state index contributed by atoms with van der Waals surface area (Å²) in [6, 6.07) is 5.62. The van der Waals surface area contributed by atoms with Gasteiger partial charge in [-0.1, -0.05) is 12.1 Å². The highest BCUT2D eigenvalue weighted by Gasteiger charge is 2.43. The minimum absolute atomic E-state index is 0.0935. The summed E-state index contributed by atoms with van der Waals surface area (Å²) in [6.07, 6.45) is -0.285. The average Bonchev–Trinajstić information content (AvgIpc) is 2.60. The van der Waals surface area contributed by atoms with E-state index in [1.807, 2.05) is 0 Å². The molecule has 0 aromatic heterocycles. The molecule has 11 heteroatoms. The van der Waals surface area contributed by atoms with Gasteiger partial charge in [0, 0.05) is 12.1 Å². The molecule has 0 fully saturated rings. The zero-order valence-corrected chi connectivity index (χ0v) is 17.8. The fraction of sp³-hybridized carbons (Fsp3) is 0.625. The molecular weight excluding hydrogens is 396 g/mol. The fourth-order valence-corrected chi connectivity index (χ4v) is 7.35. The molecule has 1 unspecified atom stereocenters. The molecule has 0 amide bonds. The van der Waals surface area contributed by atoms with Gasteiger partial charge >= 0.3 is 15.2 Å². The maximum atomic E-state index is 13.4. The van der Waals surface area contributed by atoms with Crippen molar-refractivity contribution in [3.63, 3.8) is 0 Å². The van der Waals surface area contributed by atoms with Gasteiger partial charge in [-0.05, 0) is 33.3 Å². The van der Waals surface area contributed by atoms with Gasteiger partial charge in [-0.2, -0.15) is 0 Å². The molecule has 154 valence electrons. The van der Waals surface area contributed by atoms with Crippen molar-refractivity contribution < 1.29 is 32.1 Å². The lowest BCUT2D eigenvalue weighted by Crippen LogP contribution is -2.14. The van der Waals surface area contributed by atoms with Crippen LogP contribution in [0.15, 0.2) is 24.3 Å². The van der Waals surface area contributed by atoms with Gasteiger partial charge in [0.05, 0.1) is 43.2 Å². The van der Waals surface area contributed by atoms with E-state index in [1.54, 1.807) is 33.8 Å². The summed E-state index contributed by atoms with van der Waals surface area (Å²) >= 11 is 0. The number of nitro benzene ring substituents is 1. The Labute approximate surface area is 159 Å². The molecule has 9 nitrogen and oxygen atoms in total. The van der Waals surface area contributed by atoms with Crippen molar-refractivity contribution in [1.82, 2.24) is 0 Å². The van der Waals surface area contributed by atoms with Crippen LogP contribution in [0.1, 0.15) is 38.9 Å². The summed E-state index contributed by atoms with van der Waals surface area (Å²) in [5, 5.41) is 11.1. The first kappa shape index (κ1) is 24.0. The van der Waals surface area contributed by atoms with E-state index in [-0.39, 0.29) is 38.3 Å². The van der Waals surface area contributed by atoms with Crippen molar-refractivity contribution in [2.45, 2.75) is 33.4 Å². The Morgan fingerprint density at radius 2 is 1.48 bits per heavy atom. The molecule has 0 bridgehead atoms. The lowest BCUT2D eigenvalue weighted by molar-refractivity contribution is -0.384. The third kappa shape index (κ3) is 6.79. The molecule has 0 aliphatic rings. The Balaban J connectivity index is 3.47. The second kappa shape index (κ2) is 11.1. The largest absolute Gasteiger partial charge is 0.338 e. The van der Waals surface area contributed by atoms with Crippen molar-refractivity contribution in [1.29, 1.82) is 0 Å². The van der Waals surface area contributed by atoms with Crippen LogP contribution in [0.4, 0.5) is 5.69 Å². The highest BCUT2D eigenvalue weighted by molar-refractivity contribution is 7.58. The Morgan fingerprint density at radius 3 is 1.93 bits per heavy atom. The molecule has 0 saturated carbocycles. The molecule has 0 aliphatic carbocycles. The van der Waals surface area contributed by atoms with Gasteiger partial charge < -0.3 is 18.1 Å². The van der Waals surface area contributed by atoms with Crippen LogP contribution in [0.25, 0.3) is 0 Å². The highest BCUT2D eigenvalue weighted by atomic mass is 31.2. The van der Waals surface area contributed by atoms with E-state index in [1.165, 1.54) is 18.2 Å². The van der Waals surface area contributed by atoms with Crippen LogP contribution in [-0.2, 0) is 27.2 Å². The first-order valence-corrected chi connectivity index (χ1v) is 12.1. The molecule has 1 rings (SSSR count). The van der Waals surface area contributed by atoms with E-state index in [2.05, 4.69) is 0 Å². The van der Waals surface area contributed by atoms with Crippen LogP contribution in [0.2, 0.25) is 0 Å². The monoisotopic (exact) mass is 423 g/mol. The van der Waals surface area contributed by atoms with Gasteiger partial charge in [0.15, 0.2) is 0 Å². The van der Waals surface area contributed by atoms with Gasteiger partial charge in [-0.25, -0.2) is 0 Å². The minimum Gasteiger partial charge on any atom is -0.309 e. The molecule has 0 spiro atoms. The van der Waals surface area contributed by atoms with E-state index in [0.717, 1.165) is 0 Å². The third-order valence-corrected chi connectivity index (χ3v) is 8.40. The Hall–Kier alpha value is -1.08. The molecule has 1 aromatic carbocycles. The zero-order valence-electron chi connectivity index (χ0n) is 16.0. The van der Waals surface area contributed by atoms with Crippen molar-refractivity contribution in [2.24, 2.45) is 0 Å². The number of nitrogens with zero attached hydrogens (tertiary/aromatic N) is 1. The number of benzene rings is 1. The van der Waals surface area contributed by atoms with E-state index < -0.39 is 25.8 Å². The SMILES string of the molecule is CCOP(=O)(CC(c1cccc([N+](=O)[O-])c1)P(=O)(OCC)OCC)OCC. The maximum absolute atomic E-state index is 13.4. The summed E-state index contributed by atoms with van der Waals surface area (Å²) in [7, 11) is -7.43. The molecule has 1 atom stereocenters. The summed E-state index contributed by atoms with van der Waals surface area (Å²) in [5.74, 6) is 0. The number of hydrogen-bond acceptors (Lipinski definition) is 8. The zero-order chi connectivity index (χ0) is 20.5. The van der Waals surface area contributed by atoms with Crippen molar-refractivity contribution in [2.75, 3.05) is 32.6 Å². The quantitative estimate of drug-likeness (QED) is 0.243. The van der Waals surface area contributed by atoms with Crippen LogP contribution in [0.3, 0.4) is 0 Å². The predicted octanol–water partition coefficient (Wildman–Crippen LogP) is 5.17. The van der Waals surface area contributed by atoms with Gasteiger partial charge in [-0.15, -0.1) is 0 Å². The Morgan fingerprint density at radius 1 is 0.963 bits per heavy atom. The predicted molar refractivity (Wildman–Crippen MR) is 102 cm³/mol. The number of rotatable bonds is 13. The lowest BCUT2D eigenvalue weighted by Gasteiger charge is -2.29. The van der Waals surface area contributed by atoms with Crippen LogP contribution in [0.5, 0.6) is 0 Å². The van der Waals surface area contributed by atoms with Crippen LogP contribution in [-0.4, -0.2) is 37.5 Å². The topological polar surface area (TPSA) is 114 Å². The Bertz CT molecular complexity index is 691. The highest BCUT2D eigenvalue weighted by Crippen LogP contribution is 2.66. The van der Waals surface area contributed by atoms with Gasteiger partial charge in [-0.3, -0.25) is 19.2 Å². The van der Waals surface area contributed by atoms with Crippen molar-refractivity contribution in [3.05, 3.63) is 39.9 Å². The summed E-state index contributed by atoms with van der Waals surface area (Å²) in [6.45, 7) is 7.09. The molecule has 0 N–H and O–H groups in total. The molecular formula is C16H27NO8P2. The normalized spacial score (nSPS) is 13.5. The number of nitro groups is 1. The van der Waals surface area contributed by atoms with Crippen molar-refractivity contribution in [3.8, 4) is 0 Å². The average molecular weight is 423 g/mol. The first-order valence-electron chi connectivity index (χ1n) is 8.76. The lowest BCUT2D eigenvalue weighted by atomic mass is 10.1. The molecule has 27 heavy (non-hydrogen) atoms. The van der Waals surface area contributed by atoms with E-state index in [9.17, 15) is 19.2 Å². The summed E-state index contributed by atoms with van der Waals surface area (Å²) in [5.41, 5.74) is -0.907. The summed E-state index contributed by atoms with van der Waals surface area (Å²) < 4.78 is 48.0. The molecule has 0 heterocycles. The standard InChI is InChI=1S/C16H27NO8P2/c1-5-22-26(20,23-6-2)13-16(27(21,24-7-3)25-8-4)14-10-9-11-15(12-14)17(18)19/h9-12,16H,5-8,13H2,1-4H3. The molecule has 0 radical (unpaired) electrons. The van der Waals surface area contributed by atoms with E-state index >= 15 is 0 Å². The molecule has 0 saturated heterocycles. The van der Waals surface area contributed by atoms with E-state index in [0.29, 0.717) is 5.56 Å². The van der Waals surface area contributed by atoms with Gasteiger partial charge in [0.25, 0.3) is 5.69 Å². The maximum Gasteiger partial charge on any atom is 0.338 e. The minimum atomic E-state index is -3.80. The van der Waals surface area contributed by atoms with Gasteiger partial charge in [0.1, 0.15) is 0 Å². The Kier molecular flexibility index (Phi) is 9.81. The number of non-ortho nitro benzene ring substituents is 1. The molecule has 0 aliphatic heterocycles. The number of hydrogen-bond donors (Lipinski definition) is 0. The smallest absolute Gasteiger partial charge is 0.309 e. The molecule has 1 aromatic rings. The van der Waals surface area contributed by atoms with Crippen LogP contribution in [0, 0.1) is 10.1 Å². The van der Waals surface area contributed by atoms with E-state index in [4.69, 9.17) is 18.1 Å². The van der Waals surface area contributed by atoms with Gasteiger partial charge in [0.2, 0.25) is 0 Å². The second-order valence-electron chi connectivity index (χ2n) is 5.37. The summed E-state index contributed by atoms with van der Waals surface area (Å²) in [4.78, 5) is 10.6. The third-order valence-electron chi connectivity index (χ3n) is 3.51. The second-order valence-corrected chi connectivity index (χ2v) is 9.70. The fourth-order valence-electron chi connectivity index (χ4n) is 2.56. The van der Waals surface area contributed by atoms with Crippen LogP contribution >= 0.6 is 15.2 Å².